The first kappa shape index (κ1) is 11.9. The maximum Gasteiger partial charge on any atom is 0.269 e. The van der Waals surface area contributed by atoms with Gasteiger partial charge in [0.2, 0.25) is 0 Å². The fraction of sp³-hybridized carbons (Fsp3) is 0.154. The van der Waals surface area contributed by atoms with Crippen LogP contribution in [-0.4, -0.2) is 14.3 Å². The number of hydrogen-bond acceptors (Lipinski definition) is 4. The molecule has 0 spiro atoms. The molecule has 19 heavy (non-hydrogen) atoms. The SMILES string of the molecule is Cc1sc2nc(-c3ccc([N+](=O)[O-])cc3)cn2c1C. The molecule has 0 aliphatic carbocycles. The number of aryl methyl sites for hydroxylation is 2. The Balaban J connectivity index is 2.06. The van der Waals surface area contributed by atoms with Crippen LogP contribution in [0.4, 0.5) is 5.69 Å². The molecule has 0 aliphatic rings. The van der Waals surface area contributed by atoms with Gasteiger partial charge in [-0.25, -0.2) is 4.98 Å². The summed E-state index contributed by atoms with van der Waals surface area (Å²) in [6, 6.07) is 6.46. The van der Waals surface area contributed by atoms with E-state index in [2.05, 4.69) is 23.2 Å². The molecule has 2 heterocycles. The minimum atomic E-state index is -0.400. The summed E-state index contributed by atoms with van der Waals surface area (Å²) in [6.07, 6.45) is 1.97. The number of nitro benzene ring substituents is 1. The summed E-state index contributed by atoms with van der Waals surface area (Å²) in [5.41, 5.74) is 3.00. The highest BCUT2D eigenvalue weighted by Crippen LogP contribution is 2.27. The summed E-state index contributed by atoms with van der Waals surface area (Å²) >= 11 is 1.65. The zero-order chi connectivity index (χ0) is 13.6. The number of hydrogen-bond donors (Lipinski definition) is 0. The van der Waals surface area contributed by atoms with Gasteiger partial charge in [-0.05, 0) is 26.0 Å². The monoisotopic (exact) mass is 273 g/mol. The highest BCUT2D eigenvalue weighted by Gasteiger charge is 2.11. The van der Waals surface area contributed by atoms with Gasteiger partial charge in [-0.3, -0.25) is 14.5 Å². The molecule has 0 N–H and O–H groups in total. The van der Waals surface area contributed by atoms with Gasteiger partial charge in [0.15, 0.2) is 4.96 Å². The number of nitro groups is 1. The molecule has 0 bridgehead atoms. The van der Waals surface area contributed by atoms with E-state index in [0.29, 0.717) is 0 Å². The molecular weight excluding hydrogens is 262 g/mol. The molecule has 1 aromatic carbocycles. The van der Waals surface area contributed by atoms with E-state index in [0.717, 1.165) is 16.2 Å². The Morgan fingerprint density at radius 2 is 1.95 bits per heavy atom. The van der Waals surface area contributed by atoms with Crippen molar-refractivity contribution in [1.82, 2.24) is 9.38 Å². The molecule has 5 nitrogen and oxygen atoms in total. The van der Waals surface area contributed by atoms with Crippen LogP contribution in [0.25, 0.3) is 16.2 Å². The second-order valence-corrected chi connectivity index (χ2v) is 5.51. The van der Waals surface area contributed by atoms with Crippen molar-refractivity contribution in [2.45, 2.75) is 13.8 Å². The van der Waals surface area contributed by atoms with E-state index < -0.39 is 4.92 Å². The Hall–Kier alpha value is -2.21. The molecule has 6 heteroatoms. The summed E-state index contributed by atoms with van der Waals surface area (Å²) < 4.78 is 2.05. The maximum absolute atomic E-state index is 10.6. The van der Waals surface area contributed by atoms with Crippen molar-refractivity contribution in [3.63, 3.8) is 0 Å². The Kier molecular flexibility index (Phi) is 2.60. The molecule has 0 radical (unpaired) electrons. The van der Waals surface area contributed by atoms with Gasteiger partial charge in [-0.15, -0.1) is 11.3 Å². The van der Waals surface area contributed by atoms with Crippen LogP contribution in [0.15, 0.2) is 30.5 Å². The zero-order valence-corrected chi connectivity index (χ0v) is 11.3. The van der Waals surface area contributed by atoms with Crippen molar-refractivity contribution in [3.05, 3.63) is 51.1 Å². The quantitative estimate of drug-likeness (QED) is 0.529. The second kappa shape index (κ2) is 4.17. The second-order valence-electron chi connectivity index (χ2n) is 4.33. The summed E-state index contributed by atoms with van der Waals surface area (Å²) in [6.45, 7) is 4.13. The molecule has 0 unspecified atom stereocenters. The number of nitrogens with zero attached hydrogens (tertiary/aromatic N) is 3. The van der Waals surface area contributed by atoms with Crippen molar-refractivity contribution < 1.29 is 4.92 Å². The normalized spacial score (nSPS) is 11.1. The van der Waals surface area contributed by atoms with Crippen LogP contribution in [0.2, 0.25) is 0 Å². The van der Waals surface area contributed by atoms with Gasteiger partial charge < -0.3 is 0 Å². The number of thiazole rings is 1. The molecular formula is C13H11N3O2S. The summed E-state index contributed by atoms with van der Waals surface area (Å²) in [5.74, 6) is 0. The Labute approximate surface area is 113 Å². The molecule has 0 saturated heterocycles. The van der Waals surface area contributed by atoms with E-state index >= 15 is 0 Å². The van der Waals surface area contributed by atoms with Crippen molar-refractivity contribution in [2.75, 3.05) is 0 Å². The molecule has 2 aromatic heterocycles. The fourth-order valence-corrected chi connectivity index (χ4v) is 2.90. The van der Waals surface area contributed by atoms with E-state index in [-0.39, 0.29) is 5.69 Å². The van der Waals surface area contributed by atoms with Crippen molar-refractivity contribution in [2.24, 2.45) is 0 Å². The average molecular weight is 273 g/mol. The predicted octanol–water partition coefficient (Wildman–Crippen LogP) is 3.59. The predicted molar refractivity (Wildman–Crippen MR) is 74.6 cm³/mol. The maximum atomic E-state index is 10.6. The van der Waals surface area contributed by atoms with Crippen LogP contribution in [0.3, 0.4) is 0 Å². The van der Waals surface area contributed by atoms with E-state index in [9.17, 15) is 10.1 Å². The minimum Gasteiger partial charge on any atom is -0.294 e. The first-order chi connectivity index (χ1) is 9.06. The molecule has 0 aliphatic heterocycles. The highest BCUT2D eigenvalue weighted by atomic mass is 32.1. The van der Waals surface area contributed by atoms with Crippen molar-refractivity contribution in [1.29, 1.82) is 0 Å². The zero-order valence-electron chi connectivity index (χ0n) is 10.5. The van der Waals surface area contributed by atoms with Crippen molar-refractivity contribution >= 4 is 22.0 Å². The third-order valence-electron chi connectivity index (χ3n) is 3.16. The average Bonchev–Trinajstić information content (AvgIpc) is 2.91. The van der Waals surface area contributed by atoms with E-state index in [1.54, 1.807) is 23.5 Å². The van der Waals surface area contributed by atoms with Gasteiger partial charge in [0, 0.05) is 34.5 Å². The lowest BCUT2D eigenvalue weighted by atomic mass is 10.1. The lowest BCUT2D eigenvalue weighted by Crippen LogP contribution is -1.87. The lowest BCUT2D eigenvalue weighted by molar-refractivity contribution is -0.384. The third kappa shape index (κ3) is 1.90. The van der Waals surface area contributed by atoms with Gasteiger partial charge in [-0.2, -0.15) is 0 Å². The van der Waals surface area contributed by atoms with Crippen LogP contribution in [0.1, 0.15) is 10.6 Å². The third-order valence-corrected chi connectivity index (χ3v) is 4.23. The van der Waals surface area contributed by atoms with E-state index in [1.165, 1.54) is 22.7 Å². The molecule has 0 saturated carbocycles. The van der Waals surface area contributed by atoms with Crippen LogP contribution in [0, 0.1) is 24.0 Å². The first-order valence-electron chi connectivity index (χ1n) is 5.76. The topological polar surface area (TPSA) is 60.4 Å². The molecule has 96 valence electrons. The molecule has 0 atom stereocenters. The van der Waals surface area contributed by atoms with Gasteiger partial charge in [0.05, 0.1) is 10.6 Å². The van der Waals surface area contributed by atoms with Crippen LogP contribution >= 0.6 is 11.3 Å². The van der Waals surface area contributed by atoms with Crippen molar-refractivity contribution in [3.8, 4) is 11.3 Å². The Morgan fingerprint density at radius 3 is 2.53 bits per heavy atom. The Bertz CT molecular complexity index is 771. The summed E-state index contributed by atoms with van der Waals surface area (Å²) in [4.78, 5) is 17.0. The van der Waals surface area contributed by atoms with E-state index in [4.69, 9.17) is 0 Å². The molecule has 3 rings (SSSR count). The number of imidazole rings is 1. The minimum absolute atomic E-state index is 0.0943. The highest BCUT2D eigenvalue weighted by molar-refractivity contribution is 7.17. The fourth-order valence-electron chi connectivity index (χ4n) is 1.95. The standard InChI is InChI=1S/C13H11N3O2S/c1-8-9(2)19-13-14-12(7-15(8)13)10-3-5-11(6-4-10)16(17)18/h3-7H,1-2H3. The number of aromatic nitrogens is 2. The van der Waals surface area contributed by atoms with Crippen LogP contribution in [0.5, 0.6) is 0 Å². The molecule has 0 amide bonds. The summed E-state index contributed by atoms with van der Waals surface area (Å²) in [7, 11) is 0. The first-order valence-corrected chi connectivity index (χ1v) is 6.58. The van der Waals surface area contributed by atoms with Gasteiger partial charge in [0.1, 0.15) is 0 Å². The lowest BCUT2D eigenvalue weighted by Gasteiger charge is -1.96. The number of non-ortho nitro benzene ring substituents is 1. The van der Waals surface area contributed by atoms with Gasteiger partial charge in [-0.1, -0.05) is 0 Å². The van der Waals surface area contributed by atoms with Crippen LogP contribution < -0.4 is 0 Å². The van der Waals surface area contributed by atoms with E-state index in [1.807, 2.05) is 6.20 Å². The largest absolute Gasteiger partial charge is 0.294 e. The van der Waals surface area contributed by atoms with Gasteiger partial charge >= 0.3 is 0 Å². The number of fused-ring (bicyclic) bond motifs is 1. The number of rotatable bonds is 2. The molecule has 0 fully saturated rings. The van der Waals surface area contributed by atoms with Gasteiger partial charge in [0.25, 0.3) is 5.69 Å². The Morgan fingerprint density at radius 1 is 1.26 bits per heavy atom. The summed E-state index contributed by atoms with van der Waals surface area (Å²) in [5, 5.41) is 10.6. The van der Waals surface area contributed by atoms with Crippen LogP contribution in [-0.2, 0) is 0 Å². The number of benzene rings is 1. The smallest absolute Gasteiger partial charge is 0.269 e. The molecule has 3 aromatic rings.